The van der Waals surface area contributed by atoms with Crippen LogP contribution in [0.3, 0.4) is 0 Å². The summed E-state index contributed by atoms with van der Waals surface area (Å²) in [5.74, 6) is 0.907. The minimum Gasteiger partial charge on any atom is -0.382 e. The second-order valence-electron chi connectivity index (χ2n) is 4.51. The number of nitrogens with zero attached hydrogens (tertiary/aromatic N) is 2. The van der Waals surface area contributed by atoms with Crippen LogP contribution in [0, 0.1) is 0 Å². The molecule has 0 radical (unpaired) electrons. The molecular formula is C15H24BrN3O. The number of aliphatic imine (C=N–C) groups is 1. The Balaban J connectivity index is 2.38. The summed E-state index contributed by atoms with van der Waals surface area (Å²) in [6, 6.07) is 8.34. The number of hydrogen-bond acceptors (Lipinski definition) is 2. The van der Waals surface area contributed by atoms with Crippen molar-refractivity contribution in [3.05, 3.63) is 34.3 Å². The van der Waals surface area contributed by atoms with E-state index < -0.39 is 0 Å². The third kappa shape index (κ3) is 6.39. The summed E-state index contributed by atoms with van der Waals surface area (Å²) in [5.41, 5.74) is 1.26. The highest BCUT2D eigenvalue weighted by atomic mass is 79.9. The number of halogens is 1. The van der Waals surface area contributed by atoms with Crippen molar-refractivity contribution in [2.75, 3.05) is 33.9 Å². The molecular weight excluding hydrogens is 318 g/mol. The number of hydrogen-bond donors (Lipinski definition) is 1. The number of rotatable bonds is 7. The van der Waals surface area contributed by atoms with Crippen molar-refractivity contribution in [1.82, 2.24) is 10.2 Å². The minimum atomic E-state index is 0.776. The predicted octanol–water partition coefficient (Wildman–Crippen LogP) is 2.88. The fourth-order valence-electron chi connectivity index (χ4n) is 1.84. The van der Waals surface area contributed by atoms with Gasteiger partial charge in [0.1, 0.15) is 0 Å². The van der Waals surface area contributed by atoms with Gasteiger partial charge in [-0.15, -0.1) is 0 Å². The van der Waals surface area contributed by atoms with Crippen LogP contribution in [-0.4, -0.2) is 44.7 Å². The molecule has 20 heavy (non-hydrogen) atoms. The Labute approximate surface area is 130 Å². The van der Waals surface area contributed by atoms with Crippen molar-refractivity contribution in [3.8, 4) is 0 Å². The van der Waals surface area contributed by atoms with Gasteiger partial charge in [-0.05, 0) is 31.0 Å². The normalized spacial score (nSPS) is 11.5. The minimum absolute atomic E-state index is 0.776. The van der Waals surface area contributed by atoms with Gasteiger partial charge in [0.2, 0.25) is 0 Å². The van der Waals surface area contributed by atoms with Crippen LogP contribution in [0.25, 0.3) is 0 Å². The Morgan fingerprint density at radius 1 is 1.35 bits per heavy atom. The molecule has 0 unspecified atom stereocenters. The van der Waals surface area contributed by atoms with E-state index >= 15 is 0 Å². The molecule has 1 aromatic rings. The lowest BCUT2D eigenvalue weighted by Crippen LogP contribution is -2.39. The molecule has 0 spiro atoms. The highest BCUT2D eigenvalue weighted by molar-refractivity contribution is 9.10. The van der Waals surface area contributed by atoms with E-state index in [4.69, 9.17) is 4.74 Å². The van der Waals surface area contributed by atoms with Crippen molar-refractivity contribution < 1.29 is 4.74 Å². The highest BCUT2D eigenvalue weighted by Gasteiger charge is 2.05. The zero-order chi connectivity index (χ0) is 14.8. The first kappa shape index (κ1) is 17.0. The van der Waals surface area contributed by atoms with E-state index in [2.05, 4.69) is 55.4 Å². The Hall–Kier alpha value is -1.07. The summed E-state index contributed by atoms with van der Waals surface area (Å²) >= 11 is 3.45. The molecule has 112 valence electrons. The van der Waals surface area contributed by atoms with Crippen molar-refractivity contribution in [3.63, 3.8) is 0 Å². The van der Waals surface area contributed by atoms with Crippen LogP contribution in [-0.2, 0) is 11.3 Å². The van der Waals surface area contributed by atoms with Crippen LogP contribution in [0.5, 0.6) is 0 Å². The van der Waals surface area contributed by atoms with Gasteiger partial charge in [0.15, 0.2) is 5.96 Å². The second kappa shape index (κ2) is 9.77. The quantitative estimate of drug-likeness (QED) is 0.470. The van der Waals surface area contributed by atoms with Crippen LogP contribution in [0.2, 0.25) is 0 Å². The SMILES string of the molecule is CCOCCCNC(=NC)N(C)Cc1ccc(Br)cc1. The largest absolute Gasteiger partial charge is 0.382 e. The van der Waals surface area contributed by atoms with Crippen LogP contribution in [0.1, 0.15) is 18.9 Å². The fourth-order valence-corrected chi connectivity index (χ4v) is 2.11. The van der Waals surface area contributed by atoms with Crippen LogP contribution in [0.15, 0.2) is 33.7 Å². The van der Waals surface area contributed by atoms with E-state index in [1.807, 2.05) is 21.0 Å². The van der Waals surface area contributed by atoms with E-state index in [0.29, 0.717) is 0 Å². The summed E-state index contributed by atoms with van der Waals surface area (Å²) in [6.07, 6.45) is 0.985. The lowest BCUT2D eigenvalue weighted by Gasteiger charge is -2.22. The molecule has 0 aromatic heterocycles. The van der Waals surface area contributed by atoms with Gasteiger partial charge in [-0.2, -0.15) is 0 Å². The molecule has 4 nitrogen and oxygen atoms in total. The maximum absolute atomic E-state index is 5.32. The molecule has 0 saturated carbocycles. The molecule has 1 N–H and O–H groups in total. The Bertz CT molecular complexity index is 406. The van der Waals surface area contributed by atoms with Crippen molar-refractivity contribution in [2.24, 2.45) is 4.99 Å². The molecule has 0 aliphatic heterocycles. The van der Waals surface area contributed by atoms with Gasteiger partial charge in [-0.3, -0.25) is 4.99 Å². The Kier molecular flexibility index (Phi) is 8.30. The zero-order valence-corrected chi connectivity index (χ0v) is 14.1. The Morgan fingerprint density at radius 2 is 2.05 bits per heavy atom. The molecule has 0 heterocycles. The van der Waals surface area contributed by atoms with Gasteiger partial charge in [0.25, 0.3) is 0 Å². The summed E-state index contributed by atoms with van der Waals surface area (Å²) < 4.78 is 6.42. The zero-order valence-electron chi connectivity index (χ0n) is 12.5. The molecule has 1 aromatic carbocycles. The summed E-state index contributed by atoms with van der Waals surface area (Å²) in [5, 5.41) is 3.35. The average molecular weight is 342 g/mol. The average Bonchev–Trinajstić information content (AvgIpc) is 2.45. The van der Waals surface area contributed by atoms with Gasteiger partial charge >= 0.3 is 0 Å². The van der Waals surface area contributed by atoms with Crippen molar-refractivity contribution >= 4 is 21.9 Å². The molecule has 0 bridgehead atoms. The molecule has 0 atom stereocenters. The lowest BCUT2D eigenvalue weighted by molar-refractivity contribution is 0.145. The van der Waals surface area contributed by atoms with E-state index in [1.54, 1.807) is 0 Å². The fraction of sp³-hybridized carbons (Fsp3) is 0.533. The smallest absolute Gasteiger partial charge is 0.193 e. The summed E-state index contributed by atoms with van der Waals surface area (Å²) in [4.78, 5) is 6.42. The first-order valence-corrected chi connectivity index (χ1v) is 7.70. The van der Waals surface area contributed by atoms with E-state index in [1.165, 1.54) is 5.56 Å². The van der Waals surface area contributed by atoms with Gasteiger partial charge in [0.05, 0.1) is 0 Å². The maximum atomic E-state index is 5.32. The number of ether oxygens (including phenoxy) is 1. The molecule has 0 aliphatic rings. The van der Waals surface area contributed by atoms with Gasteiger partial charge in [-0.1, -0.05) is 28.1 Å². The van der Waals surface area contributed by atoms with Crippen LogP contribution >= 0.6 is 15.9 Å². The number of nitrogens with one attached hydrogen (secondary N) is 1. The van der Waals surface area contributed by atoms with Crippen molar-refractivity contribution in [1.29, 1.82) is 0 Å². The molecule has 5 heteroatoms. The molecule has 0 fully saturated rings. The monoisotopic (exact) mass is 341 g/mol. The van der Waals surface area contributed by atoms with Gasteiger partial charge < -0.3 is 15.0 Å². The third-order valence-corrected chi connectivity index (χ3v) is 3.39. The predicted molar refractivity (Wildman–Crippen MR) is 88.1 cm³/mol. The van der Waals surface area contributed by atoms with E-state index in [9.17, 15) is 0 Å². The molecule has 0 amide bonds. The first-order valence-electron chi connectivity index (χ1n) is 6.91. The summed E-state index contributed by atoms with van der Waals surface area (Å²) in [6.45, 7) is 5.28. The topological polar surface area (TPSA) is 36.9 Å². The van der Waals surface area contributed by atoms with E-state index in [-0.39, 0.29) is 0 Å². The molecule has 0 aliphatic carbocycles. The number of benzene rings is 1. The standard InChI is InChI=1S/C15H24BrN3O/c1-4-20-11-5-10-18-15(17-2)19(3)12-13-6-8-14(16)9-7-13/h6-9H,4-5,10-12H2,1-3H3,(H,17,18). The molecule has 0 saturated heterocycles. The first-order chi connectivity index (χ1) is 9.67. The maximum Gasteiger partial charge on any atom is 0.193 e. The van der Waals surface area contributed by atoms with Crippen LogP contribution < -0.4 is 5.32 Å². The Morgan fingerprint density at radius 3 is 2.65 bits per heavy atom. The van der Waals surface area contributed by atoms with Crippen LogP contribution in [0.4, 0.5) is 0 Å². The van der Waals surface area contributed by atoms with Gasteiger partial charge in [0, 0.05) is 44.9 Å². The molecule has 1 rings (SSSR count). The lowest BCUT2D eigenvalue weighted by atomic mass is 10.2. The second-order valence-corrected chi connectivity index (χ2v) is 5.42. The van der Waals surface area contributed by atoms with Gasteiger partial charge in [-0.25, -0.2) is 0 Å². The van der Waals surface area contributed by atoms with Crippen molar-refractivity contribution in [2.45, 2.75) is 19.9 Å². The summed E-state index contributed by atoms with van der Waals surface area (Å²) in [7, 11) is 3.85. The highest BCUT2D eigenvalue weighted by Crippen LogP contribution is 2.11. The third-order valence-electron chi connectivity index (χ3n) is 2.86. The number of guanidine groups is 1. The van der Waals surface area contributed by atoms with E-state index in [0.717, 1.165) is 43.2 Å².